The average Bonchev–Trinajstić information content (AvgIpc) is 3.05. The van der Waals surface area contributed by atoms with Gasteiger partial charge in [-0.15, -0.1) is 0 Å². The number of rotatable bonds is 13. The summed E-state index contributed by atoms with van der Waals surface area (Å²) in [6.45, 7) is 1.77. The molecule has 0 saturated carbocycles. The Hall–Kier alpha value is -4.68. The first kappa shape index (κ1) is 33.2. The molecule has 4 aromatic rings. The van der Waals surface area contributed by atoms with E-state index < -0.39 is 32.9 Å². The third-order valence-electron chi connectivity index (χ3n) is 7.15. The highest BCUT2D eigenvalue weighted by Gasteiger charge is 2.28. The summed E-state index contributed by atoms with van der Waals surface area (Å²) >= 11 is 1.54. The number of ether oxygens (including phenoxy) is 1. The van der Waals surface area contributed by atoms with Crippen molar-refractivity contribution < 1.29 is 27.7 Å². The lowest BCUT2D eigenvalue weighted by Gasteiger charge is -2.25. The molecule has 12 heteroatoms. The van der Waals surface area contributed by atoms with Crippen LogP contribution in [0.15, 0.2) is 102 Å². The topological polar surface area (TPSA) is 136 Å². The fourth-order valence-corrected chi connectivity index (χ4v) is 6.77. The van der Waals surface area contributed by atoms with E-state index in [9.17, 15) is 28.1 Å². The van der Waals surface area contributed by atoms with E-state index in [1.807, 2.05) is 37.4 Å². The van der Waals surface area contributed by atoms with Gasteiger partial charge in [-0.1, -0.05) is 54.6 Å². The van der Waals surface area contributed by atoms with Gasteiger partial charge in [0.25, 0.3) is 21.6 Å². The van der Waals surface area contributed by atoms with Crippen LogP contribution in [0.3, 0.4) is 0 Å². The maximum absolute atomic E-state index is 14.0. The molecule has 4 aromatic carbocycles. The quantitative estimate of drug-likeness (QED) is 0.106. The monoisotopic (exact) mass is 647 g/mol. The summed E-state index contributed by atoms with van der Waals surface area (Å²) in [4.78, 5) is 36.6. The Labute approximate surface area is 266 Å². The number of methoxy groups -OCH3 is 1. The van der Waals surface area contributed by atoms with Crippen LogP contribution in [0.1, 0.15) is 27.9 Å². The molecule has 10 nitrogen and oxygen atoms in total. The largest absolute Gasteiger partial charge is 0.467 e. The zero-order valence-corrected chi connectivity index (χ0v) is 26.6. The van der Waals surface area contributed by atoms with Gasteiger partial charge in [0.1, 0.15) is 6.04 Å². The van der Waals surface area contributed by atoms with E-state index in [0.717, 1.165) is 17.2 Å². The number of aryl methyl sites for hydroxylation is 1. The minimum Gasteiger partial charge on any atom is -0.467 e. The number of nitrogens with zero attached hydrogens (tertiary/aromatic N) is 2. The number of nitro benzene ring substituents is 1. The van der Waals surface area contributed by atoms with Crippen molar-refractivity contribution in [3.63, 3.8) is 0 Å². The number of non-ortho nitro benzene ring substituents is 1. The van der Waals surface area contributed by atoms with Crippen LogP contribution in [-0.4, -0.2) is 50.4 Å². The van der Waals surface area contributed by atoms with Crippen LogP contribution in [0.2, 0.25) is 0 Å². The summed E-state index contributed by atoms with van der Waals surface area (Å²) in [5.74, 6) is -0.380. The molecule has 0 bridgehead atoms. The highest BCUT2D eigenvalue weighted by atomic mass is 32.2. The number of esters is 1. The van der Waals surface area contributed by atoms with Crippen LogP contribution in [0.4, 0.5) is 11.4 Å². The van der Waals surface area contributed by atoms with Crippen molar-refractivity contribution >= 4 is 45.0 Å². The summed E-state index contributed by atoms with van der Waals surface area (Å²) in [7, 11) is -2.99. The zero-order chi connectivity index (χ0) is 32.6. The number of hydrogen-bond donors (Lipinski definition) is 1. The summed E-state index contributed by atoms with van der Waals surface area (Å²) in [6, 6.07) is 25.0. The number of anilines is 1. The van der Waals surface area contributed by atoms with E-state index in [1.165, 1.54) is 29.6 Å². The second-order valence-electron chi connectivity index (χ2n) is 10.1. The molecule has 0 unspecified atom stereocenters. The van der Waals surface area contributed by atoms with Gasteiger partial charge in [0.2, 0.25) is 0 Å². The minimum atomic E-state index is -4.26. The molecule has 0 aliphatic rings. The molecule has 0 fully saturated rings. The molecule has 45 heavy (non-hydrogen) atoms. The number of nitro groups is 1. The van der Waals surface area contributed by atoms with Gasteiger partial charge in [-0.25, -0.2) is 13.2 Å². The molecular formula is C33H33N3O7S2. The van der Waals surface area contributed by atoms with Crippen molar-refractivity contribution in [2.75, 3.05) is 23.4 Å². The average molecular weight is 648 g/mol. The lowest BCUT2D eigenvalue weighted by molar-refractivity contribution is -0.385. The van der Waals surface area contributed by atoms with Crippen molar-refractivity contribution in [1.29, 1.82) is 0 Å². The van der Waals surface area contributed by atoms with Crippen molar-refractivity contribution in [2.45, 2.75) is 30.8 Å². The fourth-order valence-electron chi connectivity index (χ4n) is 4.81. The molecule has 0 aliphatic heterocycles. The molecule has 234 valence electrons. The number of carbonyl (C=O) groups is 2. The first-order chi connectivity index (χ1) is 21.6. The van der Waals surface area contributed by atoms with Crippen LogP contribution < -0.4 is 9.62 Å². The summed E-state index contributed by atoms with van der Waals surface area (Å²) in [5, 5.41) is 14.2. The Morgan fingerprint density at radius 1 is 0.956 bits per heavy atom. The van der Waals surface area contributed by atoms with Crippen molar-refractivity contribution in [2.24, 2.45) is 0 Å². The molecule has 4 rings (SSSR count). The summed E-state index contributed by atoms with van der Waals surface area (Å²) in [6.07, 6.45) is 2.29. The Balaban J connectivity index is 1.80. The Morgan fingerprint density at radius 3 is 2.33 bits per heavy atom. The van der Waals surface area contributed by atoms with E-state index in [1.54, 1.807) is 60.3 Å². The van der Waals surface area contributed by atoms with Crippen LogP contribution >= 0.6 is 11.8 Å². The third kappa shape index (κ3) is 7.89. The molecule has 0 heterocycles. The summed E-state index contributed by atoms with van der Waals surface area (Å²) in [5.41, 5.74) is 3.09. The van der Waals surface area contributed by atoms with Gasteiger partial charge in [0, 0.05) is 17.7 Å². The molecule has 0 aliphatic carbocycles. The van der Waals surface area contributed by atoms with Crippen molar-refractivity contribution in [3.05, 3.63) is 124 Å². The van der Waals surface area contributed by atoms with Gasteiger partial charge in [0.15, 0.2) is 0 Å². The molecule has 1 atom stereocenters. The minimum absolute atomic E-state index is 0.131. The Morgan fingerprint density at radius 2 is 1.67 bits per heavy atom. The van der Waals surface area contributed by atoms with Gasteiger partial charge in [-0.2, -0.15) is 11.8 Å². The smallest absolute Gasteiger partial charge is 0.328 e. The van der Waals surface area contributed by atoms with E-state index in [4.69, 9.17) is 4.74 Å². The maximum Gasteiger partial charge on any atom is 0.328 e. The number of hydrogen-bond acceptors (Lipinski definition) is 8. The van der Waals surface area contributed by atoms with E-state index in [-0.39, 0.29) is 17.1 Å². The van der Waals surface area contributed by atoms with Crippen LogP contribution in [-0.2, 0) is 26.1 Å². The van der Waals surface area contributed by atoms with Gasteiger partial charge < -0.3 is 10.1 Å². The number of sulfonamides is 1. The number of thioether (sulfide) groups is 1. The maximum atomic E-state index is 14.0. The second-order valence-corrected chi connectivity index (χ2v) is 13.0. The van der Waals surface area contributed by atoms with Crippen LogP contribution in [0, 0.1) is 17.0 Å². The first-order valence-corrected chi connectivity index (χ1v) is 16.8. The molecule has 1 N–H and O–H groups in total. The number of carbonyl (C=O) groups excluding carboxylic acids is 2. The van der Waals surface area contributed by atoms with Gasteiger partial charge >= 0.3 is 5.97 Å². The SMILES string of the molecule is COC(=O)[C@H](CCSC)NC(=O)c1ccc(CN(c2ccccc2)S(=O)(=O)c2cccc([N+](=O)[O-])c2)cc1-c1ccccc1C. The number of para-hydroxylation sites is 1. The van der Waals surface area contributed by atoms with Crippen molar-refractivity contribution in [3.8, 4) is 11.1 Å². The van der Waals surface area contributed by atoms with Gasteiger partial charge in [0.05, 0.1) is 29.2 Å². The standard InChI is InChI=1S/C33H33N3O7S2/c1-23-10-7-8-15-28(23)30-20-24(16-17-29(30)32(37)34-31(18-19-44-3)33(38)43-2)22-35(25-11-5-4-6-12-25)45(41,42)27-14-9-13-26(21-27)36(39)40/h4-17,20-21,31H,18-19,22H2,1-3H3,(H,34,37)/t31-/m0/s1. The van der Waals surface area contributed by atoms with Crippen LogP contribution in [0.5, 0.6) is 0 Å². The van der Waals surface area contributed by atoms with Gasteiger partial charge in [-0.05, 0) is 77.9 Å². The third-order valence-corrected chi connectivity index (χ3v) is 9.57. The lowest BCUT2D eigenvalue weighted by Crippen LogP contribution is -2.42. The number of benzene rings is 4. The Kier molecular flexibility index (Phi) is 11.0. The first-order valence-electron chi connectivity index (χ1n) is 14.0. The predicted octanol–water partition coefficient (Wildman–Crippen LogP) is 5.99. The lowest BCUT2D eigenvalue weighted by atomic mass is 9.93. The van der Waals surface area contributed by atoms with E-state index in [2.05, 4.69) is 5.32 Å². The molecule has 0 radical (unpaired) electrons. The summed E-state index contributed by atoms with van der Waals surface area (Å²) < 4.78 is 34.1. The Bertz CT molecular complexity index is 1800. The highest BCUT2D eigenvalue weighted by Crippen LogP contribution is 2.32. The molecule has 0 saturated heterocycles. The zero-order valence-electron chi connectivity index (χ0n) is 25.0. The van der Waals surface area contributed by atoms with Gasteiger partial charge in [-0.3, -0.25) is 19.2 Å². The predicted molar refractivity (Wildman–Crippen MR) is 176 cm³/mol. The fraction of sp³-hybridized carbons (Fsp3) is 0.212. The van der Waals surface area contributed by atoms with E-state index in [0.29, 0.717) is 34.6 Å². The molecular weight excluding hydrogens is 615 g/mol. The number of amides is 1. The number of nitrogens with one attached hydrogen (secondary N) is 1. The normalized spacial score (nSPS) is 11.8. The second kappa shape index (κ2) is 14.9. The highest BCUT2D eigenvalue weighted by molar-refractivity contribution is 7.98. The van der Waals surface area contributed by atoms with Crippen molar-refractivity contribution in [1.82, 2.24) is 5.32 Å². The molecule has 0 spiro atoms. The molecule has 0 aromatic heterocycles. The van der Waals surface area contributed by atoms with Crippen LogP contribution in [0.25, 0.3) is 11.1 Å². The van der Waals surface area contributed by atoms with E-state index >= 15 is 0 Å². The molecule has 1 amide bonds.